The summed E-state index contributed by atoms with van der Waals surface area (Å²) in [7, 11) is -3.68. The molecule has 0 aliphatic rings. The quantitative estimate of drug-likeness (QED) is 0.726. The molecule has 0 bridgehead atoms. The molecule has 0 aliphatic carbocycles. The van der Waals surface area contributed by atoms with E-state index in [0.717, 1.165) is 5.56 Å². The Kier molecular flexibility index (Phi) is 7.15. The number of nitrogens with two attached hydrogens (primary N) is 2. The average molecular weight is 322 g/mol. The van der Waals surface area contributed by atoms with Crippen LogP contribution >= 0.6 is 12.4 Å². The monoisotopic (exact) mass is 321 g/mol. The van der Waals surface area contributed by atoms with E-state index in [2.05, 4.69) is 5.32 Å². The minimum absolute atomic E-state index is 0. The minimum Gasteiger partial charge on any atom is -0.351 e. The number of hydrogen-bond acceptors (Lipinski definition) is 4. The van der Waals surface area contributed by atoms with Crippen molar-refractivity contribution in [2.45, 2.75) is 31.3 Å². The first-order chi connectivity index (χ1) is 8.71. The average Bonchev–Trinajstić information content (AvgIpc) is 2.34. The summed E-state index contributed by atoms with van der Waals surface area (Å²) in [6.45, 7) is 4.03. The molecule has 0 spiro atoms. The summed E-state index contributed by atoms with van der Waals surface area (Å²) in [5, 5.41) is 7.68. The van der Waals surface area contributed by atoms with Gasteiger partial charge in [0.1, 0.15) is 0 Å². The Balaban J connectivity index is 0.00000361. The molecule has 0 radical (unpaired) electrons. The molecule has 0 aliphatic heterocycles. The maximum absolute atomic E-state index is 11.6. The van der Waals surface area contributed by atoms with Crippen LogP contribution in [0.4, 0.5) is 0 Å². The lowest BCUT2D eigenvalue weighted by molar-refractivity contribution is -0.123. The number of halogens is 1. The lowest BCUT2D eigenvalue weighted by atomic mass is 10.0. The zero-order valence-electron chi connectivity index (χ0n) is 11.4. The third-order valence-corrected chi connectivity index (χ3v) is 3.67. The fraction of sp³-hybridized carbons (Fsp3) is 0.417. The number of nitrogens with one attached hydrogen (secondary N) is 1. The largest absolute Gasteiger partial charge is 0.351 e. The van der Waals surface area contributed by atoms with Gasteiger partial charge in [-0.05, 0) is 23.6 Å². The lowest BCUT2D eigenvalue weighted by Gasteiger charge is -2.15. The zero-order valence-corrected chi connectivity index (χ0v) is 13.0. The first-order valence-electron chi connectivity index (χ1n) is 5.87. The van der Waals surface area contributed by atoms with Gasteiger partial charge < -0.3 is 11.1 Å². The van der Waals surface area contributed by atoms with Crippen molar-refractivity contribution in [1.29, 1.82) is 0 Å². The van der Waals surface area contributed by atoms with Gasteiger partial charge in [-0.3, -0.25) is 4.79 Å². The number of sulfonamides is 1. The topological polar surface area (TPSA) is 115 Å². The number of carbonyl (C=O) groups excluding carboxylic acids is 1. The highest BCUT2D eigenvalue weighted by Gasteiger charge is 2.16. The predicted octanol–water partition coefficient (Wildman–Crippen LogP) is 0.355. The summed E-state index contributed by atoms with van der Waals surface area (Å²) in [5.74, 6) is -0.171. The van der Waals surface area contributed by atoms with Crippen molar-refractivity contribution in [3.63, 3.8) is 0 Å². The smallest absolute Gasteiger partial charge is 0.238 e. The van der Waals surface area contributed by atoms with Crippen LogP contribution in [0.5, 0.6) is 0 Å². The van der Waals surface area contributed by atoms with Crippen molar-refractivity contribution in [3.8, 4) is 0 Å². The molecule has 5 N–H and O–H groups in total. The Bertz CT molecular complexity index is 544. The van der Waals surface area contributed by atoms with E-state index in [1.165, 1.54) is 12.1 Å². The minimum atomic E-state index is -3.68. The van der Waals surface area contributed by atoms with Gasteiger partial charge in [0.15, 0.2) is 0 Å². The predicted molar refractivity (Wildman–Crippen MR) is 79.7 cm³/mol. The number of primary sulfonamides is 1. The van der Waals surface area contributed by atoms with Gasteiger partial charge in [-0.25, -0.2) is 13.6 Å². The number of benzene rings is 1. The van der Waals surface area contributed by atoms with Crippen LogP contribution in [0.1, 0.15) is 19.4 Å². The van der Waals surface area contributed by atoms with Crippen LogP contribution < -0.4 is 16.2 Å². The van der Waals surface area contributed by atoms with Crippen molar-refractivity contribution in [2.75, 3.05) is 0 Å². The van der Waals surface area contributed by atoms with Crippen LogP contribution in [0.25, 0.3) is 0 Å². The van der Waals surface area contributed by atoms with Gasteiger partial charge in [0.25, 0.3) is 0 Å². The van der Waals surface area contributed by atoms with Gasteiger partial charge in [0.05, 0.1) is 10.9 Å². The molecule has 1 amide bonds. The molecule has 0 saturated carbocycles. The van der Waals surface area contributed by atoms with Crippen molar-refractivity contribution in [1.82, 2.24) is 5.32 Å². The van der Waals surface area contributed by atoms with Crippen LogP contribution in [0.15, 0.2) is 29.2 Å². The third kappa shape index (κ3) is 5.46. The molecule has 0 fully saturated rings. The van der Waals surface area contributed by atoms with Gasteiger partial charge in [-0.15, -0.1) is 12.4 Å². The van der Waals surface area contributed by atoms with E-state index in [1.807, 2.05) is 13.8 Å². The summed E-state index contributed by atoms with van der Waals surface area (Å²) < 4.78 is 22.1. The zero-order chi connectivity index (χ0) is 14.6. The van der Waals surface area contributed by atoms with E-state index in [-0.39, 0.29) is 29.1 Å². The molecule has 1 rings (SSSR count). The van der Waals surface area contributed by atoms with E-state index in [4.69, 9.17) is 10.9 Å². The van der Waals surface area contributed by atoms with Crippen LogP contribution in [-0.2, 0) is 21.4 Å². The van der Waals surface area contributed by atoms with Gasteiger partial charge >= 0.3 is 0 Å². The molecule has 0 unspecified atom stereocenters. The molecule has 0 aromatic heterocycles. The number of hydrogen-bond donors (Lipinski definition) is 3. The molecule has 6 nitrogen and oxygen atoms in total. The molecular weight excluding hydrogens is 302 g/mol. The Morgan fingerprint density at radius 3 is 2.15 bits per heavy atom. The van der Waals surface area contributed by atoms with Gasteiger partial charge in [0, 0.05) is 6.54 Å². The van der Waals surface area contributed by atoms with Crippen molar-refractivity contribution in [2.24, 2.45) is 16.8 Å². The lowest BCUT2D eigenvalue weighted by Crippen LogP contribution is -2.43. The number of carbonyl (C=O) groups is 1. The van der Waals surface area contributed by atoms with E-state index in [1.54, 1.807) is 12.1 Å². The normalized spacial score (nSPS) is 12.7. The molecule has 8 heteroatoms. The molecule has 1 aromatic carbocycles. The van der Waals surface area contributed by atoms with Crippen molar-refractivity contribution < 1.29 is 13.2 Å². The Labute approximate surface area is 125 Å². The van der Waals surface area contributed by atoms with E-state index in [0.29, 0.717) is 6.54 Å². The molecule has 0 heterocycles. The fourth-order valence-corrected chi connectivity index (χ4v) is 1.92. The maximum atomic E-state index is 11.6. The fourth-order valence-electron chi connectivity index (χ4n) is 1.41. The first-order valence-corrected chi connectivity index (χ1v) is 7.41. The van der Waals surface area contributed by atoms with E-state index < -0.39 is 16.1 Å². The molecule has 0 saturated heterocycles. The third-order valence-electron chi connectivity index (χ3n) is 2.74. The summed E-state index contributed by atoms with van der Waals surface area (Å²) in [6.07, 6.45) is 0. The van der Waals surface area contributed by atoms with Gasteiger partial charge in [0.2, 0.25) is 15.9 Å². The second-order valence-corrected chi connectivity index (χ2v) is 6.24. The molecular formula is C12H20ClN3O3S. The highest BCUT2D eigenvalue weighted by molar-refractivity contribution is 7.89. The number of rotatable bonds is 5. The van der Waals surface area contributed by atoms with Crippen LogP contribution in [-0.4, -0.2) is 20.4 Å². The SMILES string of the molecule is CC(C)[C@H](N)C(=O)NCc1ccc(S(N)(=O)=O)cc1.Cl. The highest BCUT2D eigenvalue weighted by atomic mass is 35.5. The van der Waals surface area contributed by atoms with E-state index >= 15 is 0 Å². The second-order valence-electron chi connectivity index (χ2n) is 4.68. The van der Waals surface area contributed by atoms with Gasteiger partial charge in [-0.1, -0.05) is 26.0 Å². The Morgan fingerprint density at radius 2 is 1.75 bits per heavy atom. The van der Waals surface area contributed by atoms with Gasteiger partial charge in [-0.2, -0.15) is 0 Å². The second kappa shape index (κ2) is 7.58. The highest BCUT2D eigenvalue weighted by Crippen LogP contribution is 2.08. The summed E-state index contributed by atoms with van der Waals surface area (Å²) >= 11 is 0. The molecule has 20 heavy (non-hydrogen) atoms. The van der Waals surface area contributed by atoms with Crippen LogP contribution in [0.3, 0.4) is 0 Å². The summed E-state index contributed by atoms with van der Waals surface area (Å²) in [5.41, 5.74) is 6.47. The molecule has 114 valence electrons. The van der Waals surface area contributed by atoms with Crippen molar-refractivity contribution >= 4 is 28.3 Å². The molecule has 1 aromatic rings. The maximum Gasteiger partial charge on any atom is 0.238 e. The van der Waals surface area contributed by atoms with E-state index in [9.17, 15) is 13.2 Å². The van der Waals surface area contributed by atoms with Crippen molar-refractivity contribution in [3.05, 3.63) is 29.8 Å². The Morgan fingerprint density at radius 1 is 1.25 bits per heavy atom. The standard InChI is InChI=1S/C12H19N3O3S.ClH/c1-8(2)11(13)12(16)15-7-9-3-5-10(6-4-9)19(14,17)18;/h3-6,8,11H,7,13H2,1-2H3,(H,15,16)(H2,14,17,18);1H/t11-;/m0./s1. The van der Waals surface area contributed by atoms with Crippen LogP contribution in [0, 0.1) is 5.92 Å². The summed E-state index contributed by atoms with van der Waals surface area (Å²) in [6, 6.07) is 5.45. The Hall–Kier alpha value is -1.15. The van der Waals surface area contributed by atoms with Crippen LogP contribution in [0.2, 0.25) is 0 Å². The first kappa shape index (κ1) is 18.9. The summed E-state index contributed by atoms with van der Waals surface area (Å²) in [4.78, 5) is 11.7. The number of amides is 1. The molecule has 1 atom stereocenters.